The number of nitrogens with zero attached hydrogens (tertiary/aromatic N) is 2. The number of halogens is 2. The molecule has 2 aromatic rings. The molecule has 2 aliphatic rings. The predicted octanol–water partition coefficient (Wildman–Crippen LogP) is 5.18. The highest BCUT2D eigenvalue weighted by atomic mass is 35.5. The summed E-state index contributed by atoms with van der Waals surface area (Å²) in [5.41, 5.74) is 1.17. The maximum atomic E-state index is 13.7. The van der Waals surface area contributed by atoms with Crippen LogP contribution in [0.1, 0.15) is 57.4 Å². The van der Waals surface area contributed by atoms with Gasteiger partial charge in [-0.25, -0.2) is 8.42 Å². The molecule has 0 saturated heterocycles. The van der Waals surface area contributed by atoms with Crippen LogP contribution in [-0.2, 0) is 26.2 Å². The summed E-state index contributed by atoms with van der Waals surface area (Å²) in [4.78, 5) is 28.6. The lowest BCUT2D eigenvalue weighted by Crippen LogP contribution is -2.51. The third-order valence-electron chi connectivity index (χ3n) is 7.39. The first kappa shape index (κ1) is 31.3. The van der Waals surface area contributed by atoms with Crippen molar-refractivity contribution in [3.63, 3.8) is 0 Å². The predicted molar refractivity (Wildman–Crippen MR) is 160 cm³/mol. The summed E-state index contributed by atoms with van der Waals surface area (Å²) in [6.07, 6.45) is 5.88. The molecule has 1 N–H and O–H groups in total. The molecule has 1 atom stereocenters. The van der Waals surface area contributed by atoms with Crippen molar-refractivity contribution >= 4 is 50.7 Å². The fourth-order valence-electron chi connectivity index (χ4n) is 5.31. The highest BCUT2D eigenvalue weighted by Gasteiger charge is 2.31. The summed E-state index contributed by atoms with van der Waals surface area (Å²) in [7, 11) is -3.65. The van der Waals surface area contributed by atoms with E-state index in [9.17, 15) is 18.0 Å². The van der Waals surface area contributed by atoms with Crippen LogP contribution in [0.25, 0.3) is 0 Å². The summed E-state index contributed by atoms with van der Waals surface area (Å²) in [6, 6.07) is 9.55. The average Bonchev–Trinajstić information content (AvgIpc) is 3.45. The molecule has 0 radical (unpaired) electrons. The first-order valence-corrected chi connectivity index (χ1v) is 16.6. The van der Waals surface area contributed by atoms with E-state index in [2.05, 4.69) is 5.32 Å². The Morgan fingerprint density at radius 2 is 1.73 bits per heavy atom. The van der Waals surface area contributed by atoms with E-state index in [-0.39, 0.29) is 43.8 Å². The van der Waals surface area contributed by atoms with Crippen molar-refractivity contribution in [2.45, 2.75) is 70.5 Å². The zero-order chi connectivity index (χ0) is 29.6. The van der Waals surface area contributed by atoms with Crippen molar-refractivity contribution in [1.82, 2.24) is 10.2 Å². The van der Waals surface area contributed by atoms with Crippen LogP contribution >= 0.6 is 23.2 Å². The number of hydrogen-bond acceptors (Lipinski definition) is 6. The van der Waals surface area contributed by atoms with Gasteiger partial charge in [-0.2, -0.15) is 0 Å². The van der Waals surface area contributed by atoms with E-state index in [0.29, 0.717) is 46.9 Å². The summed E-state index contributed by atoms with van der Waals surface area (Å²) in [5.74, 6) is 0.607. The number of carbonyl (C=O) groups excluding carboxylic acids is 2. The third kappa shape index (κ3) is 8.20. The summed E-state index contributed by atoms with van der Waals surface area (Å²) in [5, 5.41) is 3.89. The van der Waals surface area contributed by atoms with Crippen molar-refractivity contribution in [3.05, 3.63) is 52.0 Å². The molecule has 1 saturated carbocycles. The SMILES string of the molecule is CC[C@@H](C(=O)NC1CCCC1)N(Cc1ccc(Cl)c(Cl)c1)C(=O)CCCN(c1ccc2c(c1)OCCO2)S(C)(=O)=O. The Morgan fingerprint density at radius 1 is 1.02 bits per heavy atom. The fraction of sp³-hybridized carbons (Fsp3) is 0.517. The monoisotopic (exact) mass is 625 g/mol. The van der Waals surface area contributed by atoms with E-state index in [1.54, 1.807) is 41.3 Å². The van der Waals surface area contributed by atoms with E-state index >= 15 is 0 Å². The van der Waals surface area contributed by atoms with Gasteiger partial charge >= 0.3 is 0 Å². The molecule has 4 rings (SSSR count). The minimum Gasteiger partial charge on any atom is -0.486 e. The number of hydrogen-bond donors (Lipinski definition) is 1. The van der Waals surface area contributed by atoms with Gasteiger partial charge in [0.15, 0.2) is 11.5 Å². The fourth-order valence-corrected chi connectivity index (χ4v) is 6.59. The second kappa shape index (κ2) is 14.0. The minimum absolute atomic E-state index is 0.0467. The molecule has 1 fully saturated rings. The molecule has 2 aromatic carbocycles. The molecule has 1 aliphatic carbocycles. The van der Waals surface area contributed by atoms with Crippen LogP contribution in [-0.4, -0.2) is 63.2 Å². The van der Waals surface area contributed by atoms with E-state index in [1.807, 2.05) is 6.92 Å². The molecule has 224 valence electrons. The van der Waals surface area contributed by atoms with Crippen LogP contribution in [0, 0.1) is 0 Å². The number of carbonyl (C=O) groups is 2. The maximum absolute atomic E-state index is 13.7. The first-order valence-electron chi connectivity index (χ1n) is 14.0. The highest BCUT2D eigenvalue weighted by molar-refractivity contribution is 7.92. The van der Waals surface area contributed by atoms with Gasteiger partial charge in [0.25, 0.3) is 0 Å². The number of amides is 2. The van der Waals surface area contributed by atoms with Gasteiger partial charge in [0, 0.05) is 31.6 Å². The van der Waals surface area contributed by atoms with Gasteiger partial charge in [0.2, 0.25) is 21.8 Å². The van der Waals surface area contributed by atoms with Crippen LogP contribution in [0.2, 0.25) is 10.0 Å². The number of ether oxygens (including phenoxy) is 2. The van der Waals surface area contributed by atoms with E-state index in [1.165, 1.54) is 4.31 Å². The number of fused-ring (bicyclic) bond motifs is 1. The molecular formula is C29H37Cl2N3O6S. The quantitative estimate of drug-likeness (QED) is 0.348. The Balaban J connectivity index is 1.50. The Morgan fingerprint density at radius 3 is 2.39 bits per heavy atom. The van der Waals surface area contributed by atoms with Crippen LogP contribution in [0.4, 0.5) is 5.69 Å². The Hall–Kier alpha value is -2.69. The Kier molecular flexibility index (Phi) is 10.7. The molecule has 12 heteroatoms. The minimum atomic E-state index is -3.65. The average molecular weight is 627 g/mol. The summed E-state index contributed by atoms with van der Waals surface area (Å²) < 4.78 is 37.8. The molecular weight excluding hydrogens is 589 g/mol. The normalized spacial score (nSPS) is 15.8. The highest BCUT2D eigenvalue weighted by Crippen LogP contribution is 2.35. The number of nitrogens with one attached hydrogen (secondary N) is 1. The summed E-state index contributed by atoms with van der Waals surface area (Å²) >= 11 is 12.3. The van der Waals surface area contributed by atoms with Gasteiger partial charge < -0.3 is 19.7 Å². The lowest BCUT2D eigenvalue weighted by Gasteiger charge is -2.32. The second-order valence-electron chi connectivity index (χ2n) is 10.5. The van der Waals surface area contributed by atoms with Crippen LogP contribution in [0.15, 0.2) is 36.4 Å². The van der Waals surface area contributed by atoms with Crippen molar-refractivity contribution in [2.24, 2.45) is 0 Å². The molecule has 0 unspecified atom stereocenters. The third-order valence-corrected chi connectivity index (χ3v) is 9.32. The smallest absolute Gasteiger partial charge is 0.243 e. The topological polar surface area (TPSA) is 105 Å². The van der Waals surface area contributed by atoms with Gasteiger partial charge in [-0.15, -0.1) is 0 Å². The molecule has 0 bridgehead atoms. The maximum Gasteiger partial charge on any atom is 0.243 e. The van der Waals surface area contributed by atoms with Gasteiger partial charge in [0.05, 0.1) is 22.0 Å². The Labute approximate surface area is 252 Å². The second-order valence-corrected chi connectivity index (χ2v) is 13.2. The van der Waals surface area contributed by atoms with Crippen LogP contribution < -0.4 is 19.1 Å². The van der Waals surface area contributed by atoms with Crippen LogP contribution in [0.3, 0.4) is 0 Å². The number of rotatable bonds is 12. The van der Waals surface area contributed by atoms with E-state index in [0.717, 1.165) is 37.5 Å². The summed E-state index contributed by atoms with van der Waals surface area (Å²) in [6.45, 7) is 2.94. The molecule has 2 amide bonds. The molecule has 0 aromatic heterocycles. The zero-order valence-electron chi connectivity index (χ0n) is 23.4. The standard InChI is InChI=1S/C29H37Cl2N3O6S/c1-3-25(29(36)32-21-7-4-5-8-21)33(19-20-10-12-23(30)24(31)17-20)28(35)9-6-14-34(41(2,37)38)22-11-13-26-27(18-22)40-16-15-39-26/h10-13,17-18,21,25H,3-9,14-16,19H2,1-2H3,(H,32,36)/t25-/m0/s1. The van der Waals surface area contributed by atoms with E-state index in [4.69, 9.17) is 32.7 Å². The molecule has 1 heterocycles. The largest absolute Gasteiger partial charge is 0.486 e. The number of anilines is 1. The lowest BCUT2D eigenvalue weighted by molar-refractivity contribution is -0.141. The number of benzene rings is 2. The van der Waals surface area contributed by atoms with Gasteiger partial charge in [-0.3, -0.25) is 13.9 Å². The van der Waals surface area contributed by atoms with Gasteiger partial charge in [0.1, 0.15) is 19.3 Å². The number of sulfonamides is 1. The molecule has 41 heavy (non-hydrogen) atoms. The van der Waals surface area contributed by atoms with E-state index < -0.39 is 16.1 Å². The Bertz CT molecular complexity index is 1350. The first-order chi connectivity index (χ1) is 19.6. The van der Waals surface area contributed by atoms with Crippen molar-refractivity contribution in [2.75, 3.05) is 30.3 Å². The van der Waals surface area contributed by atoms with Gasteiger partial charge in [-0.1, -0.05) is 49.0 Å². The van der Waals surface area contributed by atoms with Gasteiger partial charge in [-0.05, 0) is 55.5 Å². The lowest BCUT2D eigenvalue weighted by atomic mass is 10.1. The van der Waals surface area contributed by atoms with Crippen LogP contribution in [0.5, 0.6) is 11.5 Å². The van der Waals surface area contributed by atoms with Crippen molar-refractivity contribution in [3.8, 4) is 11.5 Å². The molecule has 1 aliphatic heterocycles. The zero-order valence-corrected chi connectivity index (χ0v) is 25.7. The van der Waals surface area contributed by atoms with Crippen molar-refractivity contribution in [1.29, 1.82) is 0 Å². The van der Waals surface area contributed by atoms with Crippen molar-refractivity contribution < 1.29 is 27.5 Å². The molecule has 0 spiro atoms. The molecule has 9 nitrogen and oxygen atoms in total.